The van der Waals surface area contributed by atoms with Crippen LogP contribution in [-0.4, -0.2) is 28.5 Å². The van der Waals surface area contributed by atoms with Crippen molar-refractivity contribution < 1.29 is 0 Å². The molecule has 0 unspecified atom stereocenters. The van der Waals surface area contributed by atoms with Gasteiger partial charge in [0.1, 0.15) is 0 Å². The summed E-state index contributed by atoms with van der Waals surface area (Å²) in [5, 5.41) is 5.47. The van der Waals surface area contributed by atoms with Crippen LogP contribution in [0.3, 0.4) is 0 Å². The van der Waals surface area contributed by atoms with Gasteiger partial charge in [-0.3, -0.25) is 18.5 Å². The number of halogens is 2. The predicted octanol–water partition coefficient (Wildman–Crippen LogP) is 3.07. The Bertz CT molecular complexity index is 1390. The minimum absolute atomic E-state index is 0.194. The highest BCUT2D eigenvalue weighted by Crippen LogP contribution is 2.27. The second-order valence-corrected chi connectivity index (χ2v) is 7.91. The van der Waals surface area contributed by atoms with E-state index in [1.807, 2.05) is 19.9 Å². The third kappa shape index (κ3) is 3.07. The smallest absolute Gasteiger partial charge is 0.298 e. The Morgan fingerprint density at radius 1 is 1.07 bits per heavy atom. The van der Waals surface area contributed by atoms with Crippen LogP contribution in [0.15, 0.2) is 33.9 Å². The van der Waals surface area contributed by atoms with Crippen molar-refractivity contribution in [2.24, 2.45) is 7.05 Å². The highest BCUT2D eigenvalue weighted by Gasteiger charge is 2.23. The molecule has 0 aliphatic heterocycles. The molecule has 0 bridgehead atoms. The van der Waals surface area contributed by atoms with Gasteiger partial charge in [0.15, 0.2) is 11.2 Å². The van der Waals surface area contributed by atoms with Crippen molar-refractivity contribution in [1.82, 2.24) is 28.5 Å². The Morgan fingerprint density at radius 2 is 1.73 bits per heavy atom. The van der Waals surface area contributed by atoms with Crippen LogP contribution >= 0.6 is 23.2 Å². The van der Waals surface area contributed by atoms with Gasteiger partial charge in [0.25, 0.3) is 5.56 Å². The van der Waals surface area contributed by atoms with E-state index in [9.17, 15) is 9.59 Å². The lowest BCUT2D eigenvalue weighted by Crippen LogP contribution is -2.39. The lowest BCUT2D eigenvalue weighted by atomic mass is 10.2. The lowest BCUT2D eigenvalue weighted by molar-refractivity contribution is 0.633. The van der Waals surface area contributed by atoms with Gasteiger partial charge >= 0.3 is 5.69 Å². The third-order valence-electron chi connectivity index (χ3n) is 5.11. The van der Waals surface area contributed by atoms with Gasteiger partial charge < -0.3 is 0 Å². The minimum atomic E-state index is -0.421. The largest absolute Gasteiger partial charge is 0.332 e. The summed E-state index contributed by atoms with van der Waals surface area (Å²) < 4.78 is 5.93. The molecule has 0 saturated heterocycles. The number of aryl methyl sites for hydroxylation is 3. The molecule has 4 aromatic rings. The summed E-state index contributed by atoms with van der Waals surface area (Å²) >= 11 is 12.8. The second kappa shape index (κ2) is 7.45. The predicted molar refractivity (Wildman–Crippen MR) is 117 cm³/mol. The zero-order chi connectivity index (χ0) is 21.7. The van der Waals surface area contributed by atoms with Crippen LogP contribution < -0.4 is 11.2 Å². The van der Waals surface area contributed by atoms with E-state index in [0.717, 1.165) is 11.4 Å². The first kappa shape index (κ1) is 20.4. The molecular formula is C20H20Cl2N6O2. The average molecular weight is 447 g/mol. The third-order valence-corrected chi connectivity index (χ3v) is 5.81. The van der Waals surface area contributed by atoms with Crippen molar-refractivity contribution in [3.8, 4) is 5.95 Å². The quantitative estimate of drug-likeness (QED) is 0.482. The van der Waals surface area contributed by atoms with E-state index in [0.29, 0.717) is 21.6 Å². The molecule has 156 valence electrons. The molecule has 0 aliphatic rings. The van der Waals surface area contributed by atoms with Gasteiger partial charge in [-0.25, -0.2) is 9.48 Å². The Morgan fingerprint density at radius 3 is 2.30 bits per heavy atom. The number of fused-ring (bicyclic) bond motifs is 1. The summed E-state index contributed by atoms with van der Waals surface area (Å²) in [6, 6.07) is 7.15. The normalized spacial score (nSPS) is 11.5. The van der Waals surface area contributed by atoms with Gasteiger partial charge in [-0.05, 0) is 39.0 Å². The standard InChI is InChI=1S/C20H20Cl2N6O2/c1-5-26-18(29)16-17(25(4)20(26)30)23-19(28-12(3)9-11(2)24-28)27(16)10-13-14(21)7-6-8-15(13)22/h6-9H,5,10H2,1-4H3. The summed E-state index contributed by atoms with van der Waals surface area (Å²) in [6.07, 6.45) is 0. The molecule has 0 spiro atoms. The summed E-state index contributed by atoms with van der Waals surface area (Å²) in [4.78, 5) is 30.5. The Hall–Kier alpha value is -2.84. The fourth-order valence-corrected chi connectivity index (χ4v) is 4.14. The van der Waals surface area contributed by atoms with Gasteiger partial charge in [-0.15, -0.1) is 0 Å². The van der Waals surface area contributed by atoms with Crippen LogP contribution in [0.2, 0.25) is 10.0 Å². The molecule has 3 heterocycles. The summed E-state index contributed by atoms with van der Waals surface area (Å²) in [5.41, 5.74) is 2.03. The Kier molecular flexibility index (Phi) is 5.07. The molecule has 0 atom stereocenters. The molecule has 0 saturated carbocycles. The zero-order valence-corrected chi connectivity index (χ0v) is 18.5. The zero-order valence-electron chi connectivity index (χ0n) is 17.0. The van der Waals surface area contributed by atoms with E-state index in [-0.39, 0.29) is 24.3 Å². The van der Waals surface area contributed by atoms with Gasteiger partial charge in [0.05, 0.1) is 12.2 Å². The molecule has 3 aromatic heterocycles. The summed E-state index contributed by atoms with van der Waals surface area (Å²) in [7, 11) is 1.60. The van der Waals surface area contributed by atoms with Crippen molar-refractivity contribution >= 4 is 34.4 Å². The molecule has 0 amide bonds. The Balaban J connectivity index is 2.13. The van der Waals surface area contributed by atoms with E-state index >= 15 is 0 Å². The van der Waals surface area contributed by atoms with Gasteiger partial charge in [-0.2, -0.15) is 10.1 Å². The highest BCUT2D eigenvalue weighted by atomic mass is 35.5. The highest BCUT2D eigenvalue weighted by molar-refractivity contribution is 6.36. The first-order chi connectivity index (χ1) is 14.2. The maximum absolute atomic E-state index is 13.2. The molecule has 0 radical (unpaired) electrons. The summed E-state index contributed by atoms with van der Waals surface area (Å²) in [6.45, 7) is 5.97. The van der Waals surface area contributed by atoms with Crippen molar-refractivity contribution in [3.05, 3.63) is 72.1 Å². The van der Waals surface area contributed by atoms with Crippen molar-refractivity contribution in [2.75, 3.05) is 0 Å². The number of nitrogens with zero attached hydrogens (tertiary/aromatic N) is 6. The van der Waals surface area contributed by atoms with Gasteiger partial charge in [-0.1, -0.05) is 29.3 Å². The van der Waals surface area contributed by atoms with Crippen LogP contribution in [0.1, 0.15) is 23.9 Å². The lowest BCUT2D eigenvalue weighted by Gasteiger charge is -2.13. The number of rotatable bonds is 4. The van der Waals surface area contributed by atoms with E-state index in [1.165, 1.54) is 9.13 Å². The molecule has 0 aliphatic carbocycles. The molecular weight excluding hydrogens is 427 g/mol. The fraction of sp³-hybridized carbons (Fsp3) is 0.300. The first-order valence-electron chi connectivity index (χ1n) is 9.41. The minimum Gasteiger partial charge on any atom is -0.298 e. The van der Waals surface area contributed by atoms with Gasteiger partial charge in [0, 0.05) is 34.9 Å². The monoisotopic (exact) mass is 446 g/mol. The molecule has 8 nitrogen and oxygen atoms in total. The van der Waals surface area contributed by atoms with Crippen molar-refractivity contribution in [1.29, 1.82) is 0 Å². The molecule has 30 heavy (non-hydrogen) atoms. The first-order valence-corrected chi connectivity index (χ1v) is 10.2. The maximum Gasteiger partial charge on any atom is 0.332 e. The second-order valence-electron chi connectivity index (χ2n) is 7.10. The number of benzene rings is 1. The molecule has 1 aromatic carbocycles. The number of aromatic nitrogens is 6. The number of hydrogen-bond acceptors (Lipinski definition) is 4. The molecule has 0 N–H and O–H groups in total. The SMILES string of the molecule is CCn1c(=O)c2c(nc(-n3nc(C)cc3C)n2Cc2c(Cl)cccc2Cl)n(C)c1=O. The van der Waals surface area contributed by atoms with E-state index in [4.69, 9.17) is 23.2 Å². The number of imidazole rings is 1. The van der Waals surface area contributed by atoms with Crippen molar-refractivity contribution in [2.45, 2.75) is 33.9 Å². The number of hydrogen-bond donors (Lipinski definition) is 0. The van der Waals surface area contributed by atoms with Gasteiger partial charge in [0.2, 0.25) is 5.95 Å². The maximum atomic E-state index is 13.2. The molecule has 10 heteroatoms. The van der Waals surface area contributed by atoms with Crippen LogP contribution in [0.5, 0.6) is 0 Å². The van der Waals surface area contributed by atoms with Crippen LogP contribution in [0.4, 0.5) is 0 Å². The Labute approximate surface area is 181 Å². The van der Waals surface area contributed by atoms with E-state index < -0.39 is 11.2 Å². The summed E-state index contributed by atoms with van der Waals surface area (Å²) in [5.74, 6) is 0.410. The average Bonchev–Trinajstić information content (AvgIpc) is 3.23. The van der Waals surface area contributed by atoms with Crippen LogP contribution in [0.25, 0.3) is 17.1 Å². The van der Waals surface area contributed by atoms with E-state index in [1.54, 1.807) is 41.4 Å². The topological polar surface area (TPSA) is 79.6 Å². The fourth-order valence-electron chi connectivity index (χ4n) is 3.62. The molecule has 4 rings (SSSR count). The van der Waals surface area contributed by atoms with Crippen molar-refractivity contribution in [3.63, 3.8) is 0 Å². The van der Waals surface area contributed by atoms with E-state index in [2.05, 4.69) is 10.1 Å². The van der Waals surface area contributed by atoms with Crippen LogP contribution in [-0.2, 0) is 20.1 Å². The molecule has 0 fully saturated rings. The van der Waals surface area contributed by atoms with Crippen LogP contribution in [0, 0.1) is 13.8 Å².